The van der Waals surface area contributed by atoms with Crippen molar-refractivity contribution in [3.8, 4) is 0 Å². The predicted molar refractivity (Wildman–Crippen MR) is 71.2 cm³/mol. The molecule has 2 aliphatic rings. The summed E-state index contributed by atoms with van der Waals surface area (Å²) in [5, 5.41) is 3.53. The minimum Gasteiger partial charge on any atom is -0.379 e. The molecule has 0 bridgehead atoms. The molecule has 0 spiro atoms. The first-order valence-corrected chi connectivity index (χ1v) is 6.88. The highest BCUT2D eigenvalue weighted by Crippen LogP contribution is 2.40. The van der Waals surface area contributed by atoms with E-state index in [1.807, 2.05) is 7.11 Å². The maximum Gasteiger partial charge on any atom is 0.0634 e. The Morgan fingerprint density at radius 3 is 2.65 bits per heavy atom. The van der Waals surface area contributed by atoms with Gasteiger partial charge in [-0.1, -0.05) is 0 Å². The molecular weight excluding hydrogens is 212 g/mol. The van der Waals surface area contributed by atoms with Gasteiger partial charge in [-0.3, -0.25) is 4.90 Å². The van der Waals surface area contributed by atoms with Crippen LogP contribution in [0.15, 0.2) is 0 Å². The minimum atomic E-state index is 0.00598. The monoisotopic (exact) mass is 240 g/mol. The Morgan fingerprint density at radius 2 is 2.06 bits per heavy atom. The number of rotatable bonds is 4. The molecule has 100 valence electrons. The van der Waals surface area contributed by atoms with Crippen LogP contribution in [0.1, 0.15) is 34.1 Å². The average molecular weight is 240 g/mol. The average Bonchev–Trinajstić information content (AvgIpc) is 2.79. The van der Waals surface area contributed by atoms with Crippen LogP contribution in [0.5, 0.6) is 0 Å². The number of nitrogens with zero attached hydrogens (tertiary/aromatic N) is 1. The van der Waals surface area contributed by atoms with Gasteiger partial charge in [-0.25, -0.2) is 0 Å². The van der Waals surface area contributed by atoms with E-state index < -0.39 is 0 Å². The van der Waals surface area contributed by atoms with E-state index >= 15 is 0 Å². The van der Waals surface area contributed by atoms with Crippen molar-refractivity contribution in [2.45, 2.75) is 45.3 Å². The Hall–Kier alpha value is -0.120. The van der Waals surface area contributed by atoms with Crippen LogP contribution in [0.4, 0.5) is 0 Å². The second kappa shape index (κ2) is 4.52. The molecule has 2 unspecified atom stereocenters. The van der Waals surface area contributed by atoms with Crippen molar-refractivity contribution in [3.63, 3.8) is 0 Å². The topological polar surface area (TPSA) is 24.5 Å². The number of ether oxygens (including phenoxy) is 1. The molecule has 17 heavy (non-hydrogen) atoms. The van der Waals surface area contributed by atoms with Gasteiger partial charge in [-0.2, -0.15) is 0 Å². The van der Waals surface area contributed by atoms with E-state index in [0.717, 1.165) is 24.8 Å². The van der Waals surface area contributed by atoms with Gasteiger partial charge in [0.2, 0.25) is 0 Å². The Bertz CT molecular complexity index is 275. The third kappa shape index (κ3) is 2.51. The molecule has 2 saturated heterocycles. The van der Waals surface area contributed by atoms with Crippen LogP contribution in [0.3, 0.4) is 0 Å². The van der Waals surface area contributed by atoms with E-state index in [0.29, 0.717) is 5.54 Å². The van der Waals surface area contributed by atoms with Crippen molar-refractivity contribution in [2.75, 3.05) is 33.3 Å². The summed E-state index contributed by atoms with van der Waals surface area (Å²) in [6.07, 6.45) is 1.11. The van der Waals surface area contributed by atoms with E-state index in [-0.39, 0.29) is 5.60 Å². The summed E-state index contributed by atoms with van der Waals surface area (Å²) in [4.78, 5) is 2.67. The molecule has 2 heterocycles. The number of hydrogen-bond acceptors (Lipinski definition) is 3. The zero-order valence-corrected chi connectivity index (χ0v) is 12.0. The van der Waals surface area contributed by atoms with Crippen LogP contribution in [0, 0.1) is 11.8 Å². The van der Waals surface area contributed by atoms with Crippen LogP contribution < -0.4 is 5.32 Å². The van der Waals surface area contributed by atoms with Crippen LogP contribution >= 0.6 is 0 Å². The van der Waals surface area contributed by atoms with Crippen LogP contribution in [0.25, 0.3) is 0 Å². The second-order valence-electron chi connectivity index (χ2n) is 6.84. The summed E-state index contributed by atoms with van der Waals surface area (Å²) in [5.74, 6) is 1.68. The predicted octanol–water partition coefficient (Wildman–Crippen LogP) is 1.73. The van der Waals surface area contributed by atoms with Gasteiger partial charge in [0, 0.05) is 32.3 Å². The lowest BCUT2D eigenvalue weighted by Gasteiger charge is -2.37. The highest BCUT2D eigenvalue weighted by molar-refractivity contribution is 5.04. The second-order valence-corrected chi connectivity index (χ2v) is 6.84. The van der Waals surface area contributed by atoms with Gasteiger partial charge in [0.1, 0.15) is 0 Å². The van der Waals surface area contributed by atoms with Gasteiger partial charge in [-0.15, -0.1) is 0 Å². The SMILES string of the molecule is COC(C)(C)CCN1CC2CNCC2C1(C)C. The van der Waals surface area contributed by atoms with E-state index in [9.17, 15) is 0 Å². The summed E-state index contributed by atoms with van der Waals surface area (Å²) in [6.45, 7) is 14.0. The molecule has 2 fully saturated rings. The normalized spacial score (nSPS) is 33.0. The minimum absolute atomic E-state index is 0.00598. The Labute approximate surface area is 106 Å². The van der Waals surface area contributed by atoms with E-state index in [1.54, 1.807) is 0 Å². The van der Waals surface area contributed by atoms with Gasteiger partial charge in [0.05, 0.1) is 5.60 Å². The number of hydrogen-bond donors (Lipinski definition) is 1. The van der Waals surface area contributed by atoms with Crippen molar-refractivity contribution in [1.29, 1.82) is 0 Å². The van der Waals surface area contributed by atoms with Crippen molar-refractivity contribution >= 4 is 0 Å². The molecule has 2 atom stereocenters. The molecule has 3 heteroatoms. The fourth-order valence-corrected chi connectivity index (χ4v) is 3.39. The largest absolute Gasteiger partial charge is 0.379 e. The molecule has 0 saturated carbocycles. The van der Waals surface area contributed by atoms with Crippen molar-refractivity contribution in [2.24, 2.45) is 11.8 Å². The molecule has 2 rings (SSSR count). The van der Waals surface area contributed by atoms with Crippen molar-refractivity contribution in [3.05, 3.63) is 0 Å². The van der Waals surface area contributed by atoms with Crippen LogP contribution in [0.2, 0.25) is 0 Å². The summed E-state index contributed by atoms with van der Waals surface area (Å²) >= 11 is 0. The quantitative estimate of drug-likeness (QED) is 0.810. The fourth-order valence-electron chi connectivity index (χ4n) is 3.39. The molecule has 0 aromatic heterocycles. The van der Waals surface area contributed by atoms with Gasteiger partial charge < -0.3 is 10.1 Å². The number of nitrogens with one attached hydrogen (secondary N) is 1. The number of likely N-dealkylation sites (tertiary alicyclic amines) is 1. The highest BCUT2D eigenvalue weighted by Gasteiger charge is 2.49. The molecule has 0 aromatic rings. The zero-order valence-electron chi connectivity index (χ0n) is 12.0. The number of fused-ring (bicyclic) bond motifs is 1. The van der Waals surface area contributed by atoms with Crippen molar-refractivity contribution < 1.29 is 4.74 Å². The Morgan fingerprint density at radius 1 is 1.35 bits per heavy atom. The summed E-state index contributed by atoms with van der Waals surface area (Å²) in [5.41, 5.74) is 0.351. The standard InChI is InChI=1S/C14H28N2O/c1-13(2,17-5)6-7-16-10-11-8-15-9-12(11)14(16,3)4/h11-12,15H,6-10H2,1-5H3. The van der Waals surface area contributed by atoms with Crippen LogP contribution in [-0.2, 0) is 4.74 Å². The van der Waals surface area contributed by atoms with Gasteiger partial charge in [-0.05, 0) is 52.5 Å². The van der Waals surface area contributed by atoms with E-state index in [1.165, 1.54) is 19.6 Å². The van der Waals surface area contributed by atoms with Gasteiger partial charge in [0.15, 0.2) is 0 Å². The summed E-state index contributed by atoms with van der Waals surface area (Å²) in [6, 6.07) is 0. The first kappa shape index (κ1) is 13.3. The van der Waals surface area contributed by atoms with E-state index in [2.05, 4.69) is 37.9 Å². The first-order chi connectivity index (χ1) is 7.87. The lowest BCUT2D eigenvalue weighted by atomic mass is 9.84. The summed E-state index contributed by atoms with van der Waals surface area (Å²) in [7, 11) is 1.81. The van der Waals surface area contributed by atoms with Gasteiger partial charge >= 0.3 is 0 Å². The van der Waals surface area contributed by atoms with Gasteiger partial charge in [0.25, 0.3) is 0 Å². The smallest absolute Gasteiger partial charge is 0.0634 e. The molecule has 2 aliphatic heterocycles. The molecule has 0 aromatic carbocycles. The molecule has 0 radical (unpaired) electrons. The molecule has 1 N–H and O–H groups in total. The molecule has 0 aliphatic carbocycles. The third-order valence-electron chi connectivity index (χ3n) is 5.05. The Kier molecular flexibility index (Phi) is 3.54. The molecule has 3 nitrogen and oxygen atoms in total. The summed E-state index contributed by atoms with van der Waals surface area (Å²) < 4.78 is 5.52. The molecule has 0 amide bonds. The number of methoxy groups -OCH3 is 1. The zero-order chi connectivity index (χ0) is 12.7. The lowest BCUT2D eigenvalue weighted by molar-refractivity contribution is 0.000435. The third-order valence-corrected chi connectivity index (χ3v) is 5.05. The molecular formula is C14H28N2O. The van der Waals surface area contributed by atoms with Crippen LogP contribution in [-0.4, -0.2) is 49.3 Å². The van der Waals surface area contributed by atoms with E-state index in [4.69, 9.17) is 4.74 Å². The fraction of sp³-hybridized carbons (Fsp3) is 1.00. The Balaban J connectivity index is 1.94. The first-order valence-electron chi connectivity index (χ1n) is 6.88. The maximum absolute atomic E-state index is 5.52. The maximum atomic E-state index is 5.52. The lowest BCUT2D eigenvalue weighted by Crippen LogP contribution is -2.46. The van der Waals surface area contributed by atoms with Crippen molar-refractivity contribution in [1.82, 2.24) is 10.2 Å². The highest BCUT2D eigenvalue weighted by atomic mass is 16.5.